The maximum atomic E-state index is 8.80. The van der Waals surface area contributed by atoms with Gasteiger partial charge in [0.2, 0.25) is 5.88 Å². The van der Waals surface area contributed by atoms with Crippen LogP contribution < -0.4 is 10.1 Å². The first kappa shape index (κ1) is 12.1. The Morgan fingerprint density at radius 1 is 1.33 bits per heavy atom. The van der Waals surface area contributed by atoms with Crippen LogP contribution in [0.2, 0.25) is 0 Å². The Morgan fingerprint density at radius 3 is 3.00 bits per heavy atom. The molecule has 0 aliphatic carbocycles. The number of hydrogen-bond acceptors (Lipinski definition) is 4. The van der Waals surface area contributed by atoms with E-state index in [1.54, 1.807) is 18.3 Å². The molecule has 0 aliphatic heterocycles. The molecule has 4 nitrogen and oxygen atoms in total. The normalized spacial score (nSPS) is 9.78. The van der Waals surface area contributed by atoms with Crippen molar-refractivity contribution in [3.63, 3.8) is 0 Å². The highest BCUT2D eigenvalue weighted by atomic mass is 16.5. The lowest BCUT2D eigenvalue weighted by Gasteiger charge is -2.06. The first-order valence-corrected chi connectivity index (χ1v) is 5.59. The molecule has 0 aliphatic rings. The van der Waals surface area contributed by atoms with Gasteiger partial charge >= 0.3 is 0 Å². The highest BCUT2D eigenvalue weighted by Gasteiger charge is 2.01. The number of benzene rings is 1. The van der Waals surface area contributed by atoms with Crippen LogP contribution in [0.25, 0.3) is 0 Å². The second kappa shape index (κ2) is 5.80. The smallest absolute Gasteiger partial charge is 0.220 e. The summed E-state index contributed by atoms with van der Waals surface area (Å²) in [5.74, 6) is 1.14. The standard InChI is InChI=1S/C14H13N3O/c1-16-10-12-3-2-4-13(7-12)18-14-8-11(9-15)5-6-17-14/h2-8,16H,10H2,1H3. The molecule has 90 valence electrons. The fourth-order valence-electron chi connectivity index (χ4n) is 1.58. The van der Waals surface area contributed by atoms with Crippen molar-refractivity contribution in [1.82, 2.24) is 10.3 Å². The van der Waals surface area contributed by atoms with Crippen LogP contribution in [0.15, 0.2) is 42.6 Å². The molecule has 1 aromatic carbocycles. The fourth-order valence-corrected chi connectivity index (χ4v) is 1.58. The number of nitriles is 1. The predicted molar refractivity (Wildman–Crippen MR) is 68.2 cm³/mol. The van der Waals surface area contributed by atoms with Crippen molar-refractivity contribution < 1.29 is 4.74 Å². The molecular formula is C14H13N3O. The molecule has 0 spiro atoms. The van der Waals surface area contributed by atoms with Crippen LogP contribution in [0, 0.1) is 11.3 Å². The van der Waals surface area contributed by atoms with Gasteiger partial charge in [-0.05, 0) is 30.8 Å². The zero-order chi connectivity index (χ0) is 12.8. The zero-order valence-electron chi connectivity index (χ0n) is 10.1. The van der Waals surface area contributed by atoms with E-state index in [0.29, 0.717) is 17.2 Å². The molecule has 2 aromatic rings. The Balaban J connectivity index is 2.18. The van der Waals surface area contributed by atoms with E-state index in [1.165, 1.54) is 0 Å². The van der Waals surface area contributed by atoms with Crippen molar-refractivity contribution in [2.24, 2.45) is 0 Å². The van der Waals surface area contributed by atoms with E-state index < -0.39 is 0 Å². The van der Waals surface area contributed by atoms with Crippen LogP contribution in [-0.4, -0.2) is 12.0 Å². The molecule has 1 heterocycles. The quantitative estimate of drug-likeness (QED) is 0.890. The van der Waals surface area contributed by atoms with Crippen molar-refractivity contribution in [3.8, 4) is 17.7 Å². The van der Waals surface area contributed by atoms with Crippen molar-refractivity contribution in [3.05, 3.63) is 53.7 Å². The zero-order valence-corrected chi connectivity index (χ0v) is 10.1. The summed E-state index contributed by atoms with van der Waals surface area (Å²) in [4.78, 5) is 4.07. The van der Waals surface area contributed by atoms with E-state index in [9.17, 15) is 0 Å². The lowest BCUT2D eigenvalue weighted by molar-refractivity contribution is 0.462. The van der Waals surface area contributed by atoms with Crippen LogP contribution in [-0.2, 0) is 6.54 Å². The van der Waals surface area contributed by atoms with E-state index in [-0.39, 0.29) is 0 Å². The van der Waals surface area contributed by atoms with Gasteiger partial charge in [-0.2, -0.15) is 5.26 Å². The van der Waals surface area contributed by atoms with Crippen molar-refractivity contribution in [2.75, 3.05) is 7.05 Å². The molecule has 0 amide bonds. The summed E-state index contributed by atoms with van der Waals surface area (Å²) in [5.41, 5.74) is 1.66. The van der Waals surface area contributed by atoms with Gasteiger partial charge < -0.3 is 10.1 Å². The maximum absolute atomic E-state index is 8.80. The van der Waals surface area contributed by atoms with Gasteiger partial charge in [-0.25, -0.2) is 4.98 Å². The second-order valence-corrected chi connectivity index (χ2v) is 3.77. The SMILES string of the molecule is CNCc1cccc(Oc2cc(C#N)ccn2)c1. The average molecular weight is 239 g/mol. The van der Waals surface area contributed by atoms with Crippen LogP contribution in [0.5, 0.6) is 11.6 Å². The summed E-state index contributed by atoms with van der Waals surface area (Å²) in [7, 11) is 1.89. The molecule has 2 rings (SSSR count). The molecule has 0 saturated carbocycles. The van der Waals surface area contributed by atoms with Gasteiger partial charge in [-0.15, -0.1) is 0 Å². The highest BCUT2D eigenvalue weighted by Crippen LogP contribution is 2.20. The number of ether oxygens (including phenoxy) is 1. The minimum atomic E-state index is 0.427. The number of hydrogen-bond donors (Lipinski definition) is 1. The maximum Gasteiger partial charge on any atom is 0.220 e. The largest absolute Gasteiger partial charge is 0.439 e. The third-order valence-electron chi connectivity index (χ3n) is 2.37. The summed E-state index contributed by atoms with van der Waals surface area (Å²) in [6.07, 6.45) is 1.56. The monoisotopic (exact) mass is 239 g/mol. The predicted octanol–water partition coefficient (Wildman–Crippen LogP) is 2.46. The van der Waals surface area contributed by atoms with Crippen LogP contribution in [0.1, 0.15) is 11.1 Å². The van der Waals surface area contributed by atoms with Gasteiger partial charge in [-0.3, -0.25) is 0 Å². The Labute approximate surface area is 106 Å². The van der Waals surface area contributed by atoms with Crippen LogP contribution in [0.4, 0.5) is 0 Å². The Kier molecular flexibility index (Phi) is 3.90. The number of nitrogens with zero attached hydrogens (tertiary/aromatic N) is 2. The second-order valence-electron chi connectivity index (χ2n) is 3.77. The van der Waals surface area contributed by atoms with E-state index in [4.69, 9.17) is 10.00 Å². The number of aromatic nitrogens is 1. The summed E-state index contributed by atoms with van der Waals surface area (Å²) in [6.45, 7) is 0.781. The summed E-state index contributed by atoms with van der Waals surface area (Å²) in [6, 6.07) is 13.1. The number of rotatable bonds is 4. The first-order valence-electron chi connectivity index (χ1n) is 5.59. The van der Waals surface area contributed by atoms with Crippen LogP contribution in [0.3, 0.4) is 0 Å². The van der Waals surface area contributed by atoms with E-state index >= 15 is 0 Å². The van der Waals surface area contributed by atoms with Gasteiger partial charge in [0.15, 0.2) is 0 Å². The van der Waals surface area contributed by atoms with Crippen LogP contribution >= 0.6 is 0 Å². The summed E-state index contributed by atoms with van der Waals surface area (Å²) < 4.78 is 5.62. The first-order chi connectivity index (χ1) is 8.81. The molecule has 0 atom stereocenters. The molecule has 0 bridgehead atoms. The molecule has 4 heteroatoms. The van der Waals surface area contributed by atoms with E-state index in [1.807, 2.05) is 31.3 Å². The Bertz CT molecular complexity index is 575. The molecule has 1 N–H and O–H groups in total. The van der Waals surface area contributed by atoms with Gasteiger partial charge in [0.1, 0.15) is 5.75 Å². The molecule has 1 aromatic heterocycles. The third kappa shape index (κ3) is 3.06. The molecule has 0 saturated heterocycles. The molecule has 0 fully saturated rings. The number of pyridine rings is 1. The Hall–Kier alpha value is -2.38. The summed E-state index contributed by atoms with van der Waals surface area (Å²) in [5, 5.41) is 11.9. The van der Waals surface area contributed by atoms with Gasteiger partial charge in [0.05, 0.1) is 11.6 Å². The van der Waals surface area contributed by atoms with E-state index in [2.05, 4.69) is 16.4 Å². The Morgan fingerprint density at radius 2 is 2.22 bits per heavy atom. The molecular weight excluding hydrogens is 226 g/mol. The lowest BCUT2D eigenvalue weighted by atomic mass is 10.2. The molecule has 0 unspecified atom stereocenters. The topological polar surface area (TPSA) is 57.9 Å². The third-order valence-corrected chi connectivity index (χ3v) is 2.37. The fraction of sp³-hybridized carbons (Fsp3) is 0.143. The minimum absolute atomic E-state index is 0.427. The highest BCUT2D eigenvalue weighted by molar-refractivity contribution is 5.35. The minimum Gasteiger partial charge on any atom is -0.439 e. The molecule has 0 radical (unpaired) electrons. The van der Waals surface area contributed by atoms with Crippen molar-refractivity contribution >= 4 is 0 Å². The van der Waals surface area contributed by atoms with Gasteiger partial charge in [0, 0.05) is 18.8 Å². The van der Waals surface area contributed by atoms with Crippen molar-refractivity contribution in [2.45, 2.75) is 6.54 Å². The summed E-state index contributed by atoms with van der Waals surface area (Å²) >= 11 is 0. The van der Waals surface area contributed by atoms with Crippen molar-refractivity contribution in [1.29, 1.82) is 5.26 Å². The van der Waals surface area contributed by atoms with Gasteiger partial charge in [-0.1, -0.05) is 12.1 Å². The van der Waals surface area contributed by atoms with Gasteiger partial charge in [0.25, 0.3) is 0 Å². The number of nitrogens with one attached hydrogen (secondary N) is 1. The molecule has 18 heavy (non-hydrogen) atoms. The van der Waals surface area contributed by atoms with E-state index in [0.717, 1.165) is 12.1 Å². The lowest BCUT2D eigenvalue weighted by Crippen LogP contribution is -2.04. The average Bonchev–Trinajstić information content (AvgIpc) is 2.40.